The standard InChI is InChI=1S/C13H18O2S/c1-10-4-5-13(15-2)11(8-10)9-12(14)6-7-16-3/h4-5,8H,6-7,9H2,1-3H3. The van der Waals surface area contributed by atoms with Gasteiger partial charge in [-0.2, -0.15) is 11.8 Å². The van der Waals surface area contributed by atoms with Crippen molar-refractivity contribution in [3.8, 4) is 5.75 Å². The molecule has 3 heteroatoms. The van der Waals surface area contributed by atoms with E-state index in [0.29, 0.717) is 12.8 Å². The van der Waals surface area contributed by atoms with E-state index >= 15 is 0 Å². The number of Topliss-reactive ketones (excluding diaryl/α,β-unsaturated/α-hetero) is 1. The maximum absolute atomic E-state index is 11.7. The van der Waals surface area contributed by atoms with E-state index < -0.39 is 0 Å². The third kappa shape index (κ3) is 3.89. The lowest BCUT2D eigenvalue weighted by atomic mass is 10.0. The molecular weight excluding hydrogens is 220 g/mol. The number of ether oxygens (including phenoxy) is 1. The van der Waals surface area contributed by atoms with Crippen molar-refractivity contribution >= 4 is 17.5 Å². The summed E-state index contributed by atoms with van der Waals surface area (Å²) in [5.74, 6) is 1.98. The van der Waals surface area contributed by atoms with Gasteiger partial charge in [-0.3, -0.25) is 4.79 Å². The van der Waals surface area contributed by atoms with Crippen molar-refractivity contribution < 1.29 is 9.53 Å². The highest BCUT2D eigenvalue weighted by Crippen LogP contribution is 2.20. The molecule has 0 saturated heterocycles. The zero-order valence-electron chi connectivity index (χ0n) is 10.1. The van der Waals surface area contributed by atoms with Gasteiger partial charge in [0.25, 0.3) is 0 Å². The lowest BCUT2D eigenvalue weighted by Gasteiger charge is -2.08. The van der Waals surface area contributed by atoms with Gasteiger partial charge < -0.3 is 4.74 Å². The van der Waals surface area contributed by atoms with Gasteiger partial charge in [-0.15, -0.1) is 0 Å². The highest BCUT2D eigenvalue weighted by atomic mass is 32.2. The fraction of sp³-hybridized carbons (Fsp3) is 0.462. The molecule has 0 saturated carbocycles. The van der Waals surface area contributed by atoms with Gasteiger partial charge in [-0.05, 0) is 25.0 Å². The van der Waals surface area contributed by atoms with E-state index in [2.05, 4.69) is 0 Å². The maximum atomic E-state index is 11.7. The number of carbonyl (C=O) groups is 1. The van der Waals surface area contributed by atoms with Crippen molar-refractivity contribution in [2.75, 3.05) is 19.1 Å². The second kappa shape index (κ2) is 6.59. The normalized spacial score (nSPS) is 10.2. The first-order valence-corrected chi connectivity index (χ1v) is 6.71. The highest BCUT2D eigenvalue weighted by molar-refractivity contribution is 7.98. The molecule has 2 nitrogen and oxygen atoms in total. The molecule has 0 N–H and O–H groups in total. The summed E-state index contributed by atoms with van der Waals surface area (Å²) in [5, 5.41) is 0. The minimum atomic E-state index is 0.276. The Hall–Kier alpha value is -0.960. The first kappa shape index (κ1) is 13.1. The Morgan fingerprint density at radius 1 is 1.44 bits per heavy atom. The van der Waals surface area contributed by atoms with Crippen LogP contribution >= 0.6 is 11.8 Å². The Balaban J connectivity index is 2.71. The van der Waals surface area contributed by atoms with E-state index in [4.69, 9.17) is 4.74 Å². The second-order valence-electron chi connectivity index (χ2n) is 3.77. The highest BCUT2D eigenvalue weighted by Gasteiger charge is 2.08. The number of aryl methyl sites for hydroxylation is 1. The Bertz CT molecular complexity index is 361. The molecule has 1 rings (SSSR count). The fourth-order valence-electron chi connectivity index (χ4n) is 1.56. The summed E-state index contributed by atoms with van der Waals surface area (Å²) in [6, 6.07) is 5.94. The average Bonchev–Trinajstić information content (AvgIpc) is 2.27. The molecule has 0 fully saturated rings. The van der Waals surface area contributed by atoms with Gasteiger partial charge in [-0.1, -0.05) is 17.7 Å². The molecule has 0 aliphatic heterocycles. The van der Waals surface area contributed by atoms with Crippen molar-refractivity contribution in [3.63, 3.8) is 0 Å². The van der Waals surface area contributed by atoms with Crippen LogP contribution in [0.5, 0.6) is 5.75 Å². The third-order valence-electron chi connectivity index (χ3n) is 2.41. The molecular formula is C13H18O2S. The molecule has 0 heterocycles. The van der Waals surface area contributed by atoms with Crippen LogP contribution in [0, 0.1) is 6.92 Å². The molecule has 0 aliphatic rings. The minimum absolute atomic E-state index is 0.276. The third-order valence-corrected chi connectivity index (χ3v) is 3.02. The van der Waals surface area contributed by atoms with Gasteiger partial charge in [0, 0.05) is 18.4 Å². The summed E-state index contributed by atoms with van der Waals surface area (Å²) in [7, 11) is 1.64. The van der Waals surface area contributed by atoms with E-state index in [0.717, 1.165) is 22.6 Å². The molecule has 0 spiro atoms. The minimum Gasteiger partial charge on any atom is -0.496 e. The van der Waals surface area contributed by atoms with Gasteiger partial charge >= 0.3 is 0 Å². The maximum Gasteiger partial charge on any atom is 0.138 e. The van der Waals surface area contributed by atoms with Crippen LogP contribution in [0.3, 0.4) is 0 Å². The van der Waals surface area contributed by atoms with Crippen LogP contribution in [-0.2, 0) is 11.2 Å². The second-order valence-corrected chi connectivity index (χ2v) is 4.76. The lowest BCUT2D eigenvalue weighted by molar-refractivity contribution is -0.118. The summed E-state index contributed by atoms with van der Waals surface area (Å²) in [5.41, 5.74) is 2.15. The number of methoxy groups -OCH3 is 1. The van der Waals surface area contributed by atoms with Gasteiger partial charge in [-0.25, -0.2) is 0 Å². The molecule has 1 aromatic rings. The van der Waals surface area contributed by atoms with Crippen LogP contribution in [0.25, 0.3) is 0 Å². The van der Waals surface area contributed by atoms with E-state index in [1.54, 1.807) is 18.9 Å². The zero-order chi connectivity index (χ0) is 12.0. The number of benzene rings is 1. The Kier molecular flexibility index (Phi) is 5.39. The van der Waals surface area contributed by atoms with Gasteiger partial charge in [0.1, 0.15) is 11.5 Å². The van der Waals surface area contributed by atoms with E-state index in [9.17, 15) is 4.79 Å². The molecule has 1 aromatic carbocycles. The molecule has 0 radical (unpaired) electrons. The lowest BCUT2D eigenvalue weighted by Crippen LogP contribution is -2.05. The number of rotatable bonds is 6. The van der Waals surface area contributed by atoms with Crippen LogP contribution in [0.1, 0.15) is 17.5 Å². The number of thioether (sulfide) groups is 1. The monoisotopic (exact) mass is 238 g/mol. The first-order chi connectivity index (χ1) is 7.67. The van der Waals surface area contributed by atoms with Gasteiger partial charge in [0.15, 0.2) is 0 Å². The van der Waals surface area contributed by atoms with Crippen molar-refractivity contribution in [2.24, 2.45) is 0 Å². The molecule has 88 valence electrons. The van der Waals surface area contributed by atoms with Crippen molar-refractivity contribution in [3.05, 3.63) is 29.3 Å². The molecule has 0 unspecified atom stereocenters. The Morgan fingerprint density at radius 2 is 2.19 bits per heavy atom. The van der Waals surface area contributed by atoms with E-state index in [1.807, 2.05) is 31.4 Å². The van der Waals surface area contributed by atoms with Crippen molar-refractivity contribution in [2.45, 2.75) is 19.8 Å². The largest absolute Gasteiger partial charge is 0.496 e. The van der Waals surface area contributed by atoms with Crippen LogP contribution in [0.4, 0.5) is 0 Å². The van der Waals surface area contributed by atoms with Crippen molar-refractivity contribution in [1.29, 1.82) is 0 Å². The van der Waals surface area contributed by atoms with Crippen molar-refractivity contribution in [1.82, 2.24) is 0 Å². The number of ketones is 1. The number of carbonyl (C=O) groups excluding carboxylic acids is 1. The van der Waals surface area contributed by atoms with E-state index in [-0.39, 0.29) is 5.78 Å². The summed E-state index contributed by atoms with van der Waals surface area (Å²) in [4.78, 5) is 11.7. The zero-order valence-corrected chi connectivity index (χ0v) is 10.9. The number of hydrogen-bond donors (Lipinski definition) is 0. The summed E-state index contributed by atoms with van der Waals surface area (Å²) < 4.78 is 5.25. The topological polar surface area (TPSA) is 26.3 Å². The SMILES string of the molecule is COc1ccc(C)cc1CC(=O)CCSC. The van der Waals surface area contributed by atoms with Crippen LogP contribution in [0.15, 0.2) is 18.2 Å². The number of hydrogen-bond acceptors (Lipinski definition) is 3. The smallest absolute Gasteiger partial charge is 0.138 e. The Labute approximate surface area is 101 Å². The predicted octanol–water partition coefficient (Wildman–Crippen LogP) is 2.87. The molecule has 0 aromatic heterocycles. The summed E-state index contributed by atoms with van der Waals surface area (Å²) in [6.07, 6.45) is 3.13. The van der Waals surface area contributed by atoms with Gasteiger partial charge in [0.05, 0.1) is 7.11 Å². The summed E-state index contributed by atoms with van der Waals surface area (Å²) in [6.45, 7) is 2.02. The van der Waals surface area contributed by atoms with Crippen LogP contribution in [0.2, 0.25) is 0 Å². The van der Waals surface area contributed by atoms with E-state index in [1.165, 1.54) is 0 Å². The fourth-order valence-corrected chi connectivity index (χ4v) is 1.99. The molecule has 16 heavy (non-hydrogen) atoms. The molecule has 0 aliphatic carbocycles. The average molecular weight is 238 g/mol. The Morgan fingerprint density at radius 3 is 2.81 bits per heavy atom. The predicted molar refractivity (Wildman–Crippen MR) is 69.4 cm³/mol. The van der Waals surface area contributed by atoms with Crippen LogP contribution in [-0.4, -0.2) is 24.9 Å². The first-order valence-electron chi connectivity index (χ1n) is 5.31. The van der Waals surface area contributed by atoms with Gasteiger partial charge in [0.2, 0.25) is 0 Å². The molecule has 0 bridgehead atoms. The quantitative estimate of drug-likeness (QED) is 0.762. The molecule has 0 atom stereocenters. The summed E-state index contributed by atoms with van der Waals surface area (Å²) >= 11 is 1.70. The molecule has 0 amide bonds. The van der Waals surface area contributed by atoms with Crippen LogP contribution < -0.4 is 4.74 Å².